The van der Waals surface area contributed by atoms with Crippen molar-refractivity contribution in [3.63, 3.8) is 0 Å². The van der Waals surface area contributed by atoms with E-state index in [1.54, 1.807) is 13.3 Å². The maximum absolute atomic E-state index is 11.0. The zero-order valence-corrected chi connectivity index (χ0v) is 12.8. The molecule has 0 aromatic carbocycles. The first-order chi connectivity index (χ1) is 9.46. The third-order valence-corrected chi connectivity index (χ3v) is 3.77. The van der Waals surface area contributed by atoms with E-state index in [0.717, 1.165) is 18.8 Å². The molecule has 0 saturated carbocycles. The highest BCUT2D eigenvalue weighted by Crippen LogP contribution is 2.39. The van der Waals surface area contributed by atoms with Gasteiger partial charge in [0.25, 0.3) is 0 Å². The lowest BCUT2D eigenvalue weighted by Crippen LogP contribution is -2.40. The summed E-state index contributed by atoms with van der Waals surface area (Å²) in [4.78, 5) is 2.09. The Labute approximate surface area is 120 Å². The summed E-state index contributed by atoms with van der Waals surface area (Å²) < 4.78 is 12.8. The van der Waals surface area contributed by atoms with Crippen molar-refractivity contribution in [1.82, 2.24) is 14.7 Å². The Morgan fingerprint density at radius 3 is 2.95 bits per heavy atom. The van der Waals surface area contributed by atoms with Crippen LogP contribution in [0.1, 0.15) is 25.5 Å². The molecule has 1 N–H and O–H groups in total. The van der Waals surface area contributed by atoms with Gasteiger partial charge >= 0.3 is 0 Å². The number of nitrogens with zero attached hydrogens (tertiary/aromatic N) is 3. The first-order valence-electron chi connectivity index (χ1n) is 7.05. The molecule has 114 valence electrons. The van der Waals surface area contributed by atoms with E-state index in [-0.39, 0.29) is 6.10 Å². The predicted molar refractivity (Wildman–Crippen MR) is 75.9 cm³/mol. The van der Waals surface area contributed by atoms with Crippen LogP contribution in [0.5, 0.6) is 5.75 Å². The van der Waals surface area contributed by atoms with Crippen molar-refractivity contribution in [1.29, 1.82) is 0 Å². The van der Waals surface area contributed by atoms with E-state index in [0.29, 0.717) is 25.2 Å². The van der Waals surface area contributed by atoms with Crippen molar-refractivity contribution in [3.8, 4) is 5.75 Å². The second kappa shape index (κ2) is 6.11. The molecule has 2 unspecified atom stereocenters. The Morgan fingerprint density at radius 2 is 2.35 bits per heavy atom. The molecule has 6 heteroatoms. The van der Waals surface area contributed by atoms with Gasteiger partial charge in [-0.15, -0.1) is 0 Å². The van der Waals surface area contributed by atoms with Gasteiger partial charge in [0.1, 0.15) is 11.3 Å². The summed E-state index contributed by atoms with van der Waals surface area (Å²) in [7, 11) is 5.65. The summed E-state index contributed by atoms with van der Waals surface area (Å²) in [5.41, 5.74) is -0.150. The van der Waals surface area contributed by atoms with Crippen LogP contribution in [0.4, 0.5) is 0 Å². The normalized spacial score (nSPS) is 27.0. The maximum Gasteiger partial charge on any atom is 0.162 e. The molecule has 1 aliphatic heterocycles. The first kappa shape index (κ1) is 15.3. The third-order valence-electron chi connectivity index (χ3n) is 3.77. The fourth-order valence-electron chi connectivity index (χ4n) is 2.73. The summed E-state index contributed by atoms with van der Waals surface area (Å²) in [6, 6.07) is 0. The van der Waals surface area contributed by atoms with Crippen molar-refractivity contribution < 1.29 is 14.6 Å². The number of likely N-dealkylation sites (N-methyl/N-ethyl adjacent to an activating group) is 1. The van der Waals surface area contributed by atoms with Gasteiger partial charge in [-0.05, 0) is 21.0 Å². The number of hydrogen-bond acceptors (Lipinski definition) is 5. The maximum atomic E-state index is 11.0. The highest BCUT2D eigenvalue weighted by Gasteiger charge is 2.40. The molecule has 1 saturated heterocycles. The van der Waals surface area contributed by atoms with Crippen molar-refractivity contribution in [2.24, 2.45) is 0 Å². The molecule has 1 aliphatic rings. The lowest BCUT2D eigenvalue weighted by molar-refractivity contribution is -0.106. The molecule has 0 bridgehead atoms. The van der Waals surface area contributed by atoms with Crippen LogP contribution in [0.25, 0.3) is 0 Å². The Bertz CT molecular complexity index is 447. The van der Waals surface area contributed by atoms with E-state index < -0.39 is 5.60 Å². The van der Waals surface area contributed by atoms with Crippen molar-refractivity contribution in [2.75, 3.05) is 34.4 Å². The Morgan fingerprint density at radius 1 is 1.60 bits per heavy atom. The Balaban J connectivity index is 2.29. The van der Waals surface area contributed by atoms with Gasteiger partial charge in [0.2, 0.25) is 0 Å². The molecule has 0 aliphatic carbocycles. The van der Waals surface area contributed by atoms with E-state index in [1.807, 2.05) is 25.7 Å². The van der Waals surface area contributed by atoms with Crippen LogP contribution in [-0.2, 0) is 16.9 Å². The molecule has 1 aromatic heterocycles. The smallest absolute Gasteiger partial charge is 0.162 e. The van der Waals surface area contributed by atoms with Crippen LogP contribution in [0.2, 0.25) is 0 Å². The quantitative estimate of drug-likeness (QED) is 0.868. The fraction of sp³-hybridized carbons (Fsp3) is 0.786. The van der Waals surface area contributed by atoms with Crippen molar-refractivity contribution in [2.45, 2.75) is 38.0 Å². The van der Waals surface area contributed by atoms with Gasteiger partial charge in [0.15, 0.2) is 5.75 Å². The van der Waals surface area contributed by atoms with Gasteiger partial charge in [0.05, 0.1) is 32.6 Å². The van der Waals surface area contributed by atoms with Crippen molar-refractivity contribution in [3.05, 3.63) is 11.9 Å². The minimum atomic E-state index is -0.925. The summed E-state index contributed by atoms with van der Waals surface area (Å²) >= 11 is 0. The molecule has 0 amide bonds. The van der Waals surface area contributed by atoms with E-state index in [1.165, 1.54) is 0 Å². The zero-order chi connectivity index (χ0) is 14.8. The second-order valence-corrected chi connectivity index (χ2v) is 5.76. The van der Waals surface area contributed by atoms with Gasteiger partial charge in [-0.3, -0.25) is 4.68 Å². The Kier molecular flexibility index (Phi) is 4.67. The van der Waals surface area contributed by atoms with Gasteiger partial charge < -0.3 is 19.5 Å². The van der Waals surface area contributed by atoms with Gasteiger partial charge in [0, 0.05) is 19.4 Å². The molecular formula is C14H25N3O3. The van der Waals surface area contributed by atoms with Crippen LogP contribution >= 0.6 is 0 Å². The summed E-state index contributed by atoms with van der Waals surface area (Å²) in [6.45, 7) is 4.13. The van der Waals surface area contributed by atoms with Gasteiger partial charge in [-0.1, -0.05) is 0 Å². The molecular weight excluding hydrogens is 258 g/mol. The number of hydrogen-bond donors (Lipinski definition) is 1. The average molecular weight is 283 g/mol. The minimum absolute atomic E-state index is 0.0376. The van der Waals surface area contributed by atoms with Crippen LogP contribution in [-0.4, -0.2) is 60.2 Å². The monoisotopic (exact) mass is 283 g/mol. The molecule has 0 spiro atoms. The van der Waals surface area contributed by atoms with Crippen LogP contribution in [0, 0.1) is 0 Å². The molecule has 6 nitrogen and oxygen atoms in total. The van der Waals surface area contributed by atoms with E-state index in [9.17, 15) is 5.11 Å². The number of ether oxygens (including phenoxy) is 2. The van der Waals surface area contributed by atoms with Crippen molar-refractivity contribution >= 4 is 0 Å². The minimum Gasteiger partial charge on any atom is -0.493 e. The first-order valence-corrected chi connectivity index (χ1v) is 7.05. The van der Waals surface area contributed by atoms with E-state index in [4.69, 9.17) is 9.47 Å². The molecule has 1 fully saturated rings. The molecule has 2 rings (SSSR count). The summed E-state index contributed by atoms with van der Waals surface area (Å²) in [5.74, 6) is 0.653. The number of methoxy groups -OCH3 is 1. The highest BCUT2D eigenvalue weighted by molar-refractivity contribution is 5.31. The molecule has 2 atom stereocenters. The largest absolute Gasteiger partial charge is 0.493 e. The lowest BCUT2D eigenvalue weighted by Gasteiger charge is -2.36. The average Bonchev–Trinajstić information content (AvgIpc) is 2.79. The molecule has 1 aromatic rings. The predicted octanol–water partition coefficient (Wildman–Crippen LogP) is 0.840. The SMILES string of the molecule is COc1cnn(CCN(C)C)c1C1(O)CCOC(C)C1. The van der Waals surface area contributed by atoms with E-state index >= 15 is 0 Å². The summed E-state index contributed by atoms with van der Waals surface area (Å²) in [6.07, 6.45) is 2.86. The molecule has 20 heavy (non-hydrogen) atoms. The van der Waals surface area contributed by atoms with Gasteiger partial charge in [-0.2, -0.15) is 5.10 Å². The molecule has 2 heterocycles. The van der Waals surface area contributed by atoms with Gasteiger partial charge in [-0.25, -0.2) is 0 Å². The number of aliphatic hydroxyl groups is 1. The fourth-order valence-corrected chi connectivity index (χ4v) is 2.73. The Hall–Kier alpha value is -1.11. The van der Waals surface area contributed by atoms with Crippen LogP contribution in [0.3, 0.4) is 0 Å². The standard InChI is InChI=1S/C14H25N3O3/c1-11-9-14(18,5-8-20-11)13-12(19-4)10-15-17(13)7-6-16(2)3/h10-11,18H,5-9H2,1-4H3. The number of aromatic nitrogens is 2. The molecule has 0 radical (unpaired) electrons. The van der Waals surface area contributed by atoms with Crippen LogP contribution < -0.4 is 4.74 Å². The summed E-state index contributed by atoms with van der Waals surface area (Å²) in [5, 5.41) is 15.4. The topological polar surface area (TPSA) is 59.8 Å². The highest BCUT2D eigenvalue weighted by atomic mass is 16.5. The number of rotatable bonds is 5. The van der Waals surface area contributed by atoms with E-state index in [2.05, 4.69) is 10.00 Å². The third kappa shape index (κ3) is 3.13. The second-order valence-electron chi connectivity index (χ2n) is 5.76. The van der Waals surface area contributed by atoms with Crippen LogP contribution in [0.15, 0.2) is 6.20 Å². The zero-order valence-electron chi connectivity index (χ0n) is 12.8. The lowest BCUT2D eigenvalue weighted by atomic mass is 9.87.